The third-order valence-electron chi connectivity index (χ3n) is 5.37. The Hall–Kier alpha value is -2.89. The molecule has 6 heteroatoms. The molecule has 0 spiro atoms. The Balaban J connectivity index is 1.29. The van der Waals surface area contributed by atoms with Gasteiger partial charge in [-0.2, -0.15) is 0 Å². The van der Waals surface area contributed by atoms with E-state index in [0.717, 1.165) is 49.5 Å². The molecule has 3 aromatic rings. The lowest BCUT2D eigenvalue weighted by Crippen LogP contribution is -2.42. The summed E-state index contributed by atoms with van der Waals surface area (Å²) in [5.74, 6) is 0.852. The zero-order valence-electron chi connectivity index (χ0n) is 16.7. The summed E-state index contributed by atoms with van der Waals surface area (Å²) in [6.45, 7) is 2.77. The number of hydrogen-bond donors (Lipinski definition) is 2. The Kier molecular flexibility index (Phi) is 6.62. The van der Waals surface area contributed by atoms with E-state index < -0.39 is 0 Å². The van der Waals surface area contributed by atoms with Crippen molar-refractivity contribution in [3.05, 3.63) is 89.1 Å². The van der Waals surface area contributed by atoms with Crippen LogP contribution in [0.5, 0.6) is 0 Å². The van der Waals surface area contributed by atoms with Gasteiger partial charge in [0.15, 0.2) is 0 Å². The second kappa shape index (κ2) is 9.74. The molecule has 5 nitrogen and oxygen atoms in total. The van der Waals surface area contributed by atoms with Crippen LogP contribution >= 0.6 is 11.6 Å². The molecular formula is C24H25ClN4O. The number of carbonyl (C=O) groups excluding carboxylic acids is 1. The van der Waals surface area contributed by atoms with E-state index in [-0.39, 0.29) is 5.91 Å². The van der Waals surface area contributed by atoms with Crippen LogP contribution in [0, 0.1) is 0 Å². The van der Waals surface area contributed by atoms with E-state index in [0.29, 0.717) is 16.6 Å². The maximum absolute atomic E-state index is 12.5. The predicted octanol–water partition coefficient (Wildman–Crippen LogP) is 4.75. The summed E-state index contributed by atoms with van der Waals surface area (Å²) in [6, 6.07) is 21.5. The average molecular weight is 421 g/mol. The van der Waals surface area contributed by atoms with Crippen molar-refractivity contribution in [2.75, 3.05) is 23.3 Å². The van der Waals surface area contributed by atoms with E-state index in [9.17, 15) is 4.79 Å². The van der Waals surface area contributed by atoms with Crippen molar-refractivity contribution in [1.29, 1.82) is 0 Å². The van der Waals surface area contributed by atoms with Crippen LogP contribution in [-0.4, -0.2) is 30.0 Å². The number of benzene rings is 2. The van der Waals surface area contributed by atoms with Crippen molar-refractivity contribution >= 4 is 29.0 Å². The van der Waals surface area contributed by atoms with Gasteiger partial charge in [-0.1, -0.05) is 41.9 Å². The van der Waals surface area contributed by atoms with Gasteiger partial charge in [0, 0.05) is 37.6 Å². The monoisotopic (exact) mass is 420 g/mol. The maximum atomic E-state index is 12.5. The lowest BCUT2D eigenvalue weighted by Gasteiger charge is -2.33. The van der Waals surface area contributed by atoms with Crippen LogP contribution in [-0.2, 0) is 6.54 Å². The van der Waals surface area contributed by atoms with Crippen LogP contribution in [0.4, 0.5) is 11.5 Å². The van der Waals surface area contributed by atoms with E-state index in [2.05, 4.69) is 32.7 Å². The molecule has 2 heterocycles. The number of nitrogens with zero attached hydrogens (tertiary/aromatic N) is 2. The molecule has 2 N–H and O–H groups in total. The zero-order valence-corrected chi connectivity index (χ0v) is 17.5. The number of nitrogens with one attached hydrogen (secondary N) is 2. The zero-order chi connectivity index (χ0) is 20.8. The van der Waals surface area contributed by atoms with Crippen LogP contribution in [0.2, 0.25) is 5.02 Å². The molecule has 30 heavy (non-hydrogen) atoms. The fraction of sp³-hybridized carbons (Fsp3) is 0.250. The summed E-state index contributed by atoms with van der Waals surface area (Å²) in [6.07, 6.45) is 4.01. The first-order chi connectivity index (χ1) is 14.7. The quantitative estimate of drug-likeness (QED) is 0.604. The van der Waals surface area contributed by atoms with Crippen LogP contribution in [0.25, 0.3) is 0 Å². The van der Waals surface area contributed by atoms with Crippen molar-refractivity contribution in [2.45, 2.75) is 25.4 Å². The molecule has 0 atom stereocenters. The van der Waals surface area contributed by atoms with Crippen molar-refractivity contribution in [3.63, 3.8) is 0 Å². The van der Waals surface area contributed by atoms with Gasteiger partial charge < -0.3 is 15.5 Å². The van der Waals surface area contributed by atoms with Gasteiger partial charge in [0.2, 0.25) is 0 Å². The first kappa shape index (κ1) is 20.4. The lowest BCUT2D eigenvalue weighted by atomic mass is 10.0. The summed E-state index contributed by atoms with van der Waals surface area (Å²) < 4.78 is 0. The molecule has 1 fully saturated rings. The van der Waals surface area contributed by atoms with Gasteiger partial charge in [0.05, 0.1) is 10.6 Å². The van der Waals surface area contributed by atoms with Gasteiger partial charge in [0.25, 0.3) is 5.91 Å². The average Bonchev–Trinajstić information content (AvgIpc) is 2.79. The fourth-order valence-electron chi connectivity index (χ4n) is 3.72. The van der Waals surface area contributed by atoms with E-state index in [1.807, 2.05) is 42.6 Å². The van der Waals surface area contributed by atoms with Gasteiger partial charge in [-0.25, -0.2) is 4.98 Å². The normalized spacial score (nSPS) is 14.5. The molecule has 0 aliphatic carbocycles. The second-order valence-corrected chi connectivity index (χ2v) is 7.87. The van der Waals surface area contributed by atoms with Crippen molar-refractivity contribution < 1.29 is 4.79 Å². The SMILES string of the molecule is O=C(Nc1cccc(CNC2CCN(c3ccccn3)CC2)c1)c1ccccc1Cl. The molecule has 4 rings (SSSR count). The number of anilines is 2. The second-order valence-electron chi connectivity index (χ2n) is 7.46. The molecule has 1 saturated heterocycles. The smallest absolute Gasteiger partial charge is 0.257 e. The van der Waals surface area contributed by atoms with Gasteiger partial charge in [0.1, 0.15) is 5.82 Å². The van der Waals surface area contributed by atoms with Crippen LogP contribution in [0.3, 0.4) is 0 Å². The van der Waals surface area contributed by atoms with Crippen LogP contribution in [0.1, 0.15) is 28.8 Å². The number of hydrogen-bond acceptors (Lipinski definition) is 4. The minimum atomic E-state index is -0.201. The highest BCUT2D eigenvalue weighted by Crippen LogP contribution is 2.20. The third-order valence-corrected chi connectivity index (χ3v) is 5.70. The molecule has 154 valence electrons. The summed E-state index contributed by atoms with van der Waals surface area (Å²) in [5, 5.41) is 7.04. The number of pyridine rings is 1. The first-order valence-corrected chi connectivity index (χ1v) is 10.6. The summed E-state index contributed by atoms with van der Waals surface area (Å²) >= 11 is 6.12. The molecule has 0 bridgehead atoms. The summed E-state index contributed by atoms with van der Waals surface area (Å²) in [4.78, 5) is 19.3. The fourth-order valence-corrected chi connectivity index (χ4v) is 3.94. The third kappa shape index (κ3) is 5.17. The van der Waals surface area contributed by atoms with Gasteiger partial charge in [-0.15, -0.1) is 0 Å². The van der Waals surface area contributed by atoms with Gasteiger partial charge in [-0.05, 0) is 54.8 Å². The Bertz CT molecular complexity index is 987. The number of amides is 1. The molecule has 0 saturated carbocycles. The van der Waals surface area contributed by atoms with Crippen molar-refractivity contribution in [3.8, 4) is 0 Å². The predicted molar refractivity (Wildman–Crippen MR) is 122 cm³/mol. The molecule has 0 radical (unpaired) electrons. The van der Waals surface area contributed by atoms with E-state index in [1.54, 1.807) is 18.2 Å². The van der Waals surface area contributed by atoms with Gasteiger partial charge in [-0.3, -0.25) is 4.79 Å². The topological polar surface area (TPSA) is 57.3 Å². The number of piperidine rings is 1. The largest absolute Gasteiger partial charge is 0.357 e. The molecule has 0 unspecified atom stereocenters. The first-order valence-electron chi connectivity index (χ1n) is 10.2. The Morgan fingerprint density at radius 3 is 2.60 bits per heavy atom. The standard InChI is InChI=1S/C24H25ClN4O/c25-22-9-2-1-8-21(22)24(30)28-20-7-5-6-18(16-20)17-27-19-11-14-29(15-12-19)23-10-3-4-13-26-23/h1-10,13,16,19,27H,11-12,14-15,17H2,(H,28,30). The Morgan fingerprint density at radius 2 is 1.83 bits per heavy atom. The van der Waals surface area contributed by atoms with E-state index >= 15 is 0 Å². The molecular weight excluding hydrogens is 396 g/mol. The van der Waals surface area contributed by atoms with Crippen LogP contribution in [0.15, 0.2) is 72.9 Å². The molecule has 2 aromatic carbocycles. The summed E-state index contributed by atoms with van der Waals surface area (Å²) in [5.41, 5.74) is 2.38. The van der Waals surface area contributed by atoms with Crippen molar-refractivity contribution in [1.82, 2.24) is 10.3 Å². The Labute approximate surface area is 182 Å². The number of rotatable bonds is 6. The maximum Gasteiger partial charge on any atom is 0.257 e. The van der Waals surface area contributed by atoms with Crippen LogP contribution < -0.4 is 15.5 Å². The van der Waals surface area contributed by atoms with Gasteiger partial charge >= 0.3 is 0 Å². The lowest BCUT2D eigenvalue weighted by molar-refractivity contribution is 0.102. The molecule has 1 amide bonds. The Morgan fingerprint density at radius 1 is 1.03 bits per heavy atom. The molecule has 1 aliphatic heterocycles. The number of aromatic nitrogens is 1. The van der Waals surface area contributed by atoms with E-state index in [4.69, 9.17) is 11.6 Å². The highest BCUT2D eigenvalue weighted by atomic mass is 35.5. The number of carbonyl (C=O) groups is 1. The highest BCUT2D eigenvalue weighted by Gasteiger charge is 2.19. The van der Waals surface area contributed by atoms with Crippen molar-refractivity contribution in [2.24, 2.45) is 0 Å². The highest BCUT2D eigenvalue weighted by molar-refractivity contribution is 6.34. The minimum Gasteiger partial charge on any atom is -0.357 e. The summed E-state index contributed by atoms with van der Waals surface area (Å²) in [7, 11) is 0. The minimum absolute atomic E-state index is 0.201. The number of halogens is 1. The molecule has 1 aromatic heterocycles. The molecule has 1 aliphatic rings. The van der Waals surface area contributed by atoms with E-state index in [1.165, 1.54) is 0 Å².